The third-order valence-electron chi connectivity index (χ3n) is 4.11. The molecular formula is C18H11ClN2O4S2. The summed E-state index contributed by atoms with van der Waals surface area (Å²) >= 11 is 7.38. The predicted molar refractivity (Wildman–Crippen MR) is 104 cm³/mol. The molecule has 0 fully saturated rings. The topological polar surface area (TPSA) is 110 Å². The average Bonchev–Trinajstić information content (AvgIpc) is 3.04. The second kappa shape index (κ2) is 6.19. The fraction of sp³-hybridized carbons (Fsp3) is 0. The first kappa shape index (κ1) is 17.7. The Balaban J connectivity index is 2.02. The Hall–Kier alpha value is -2.68. The maximum atomic E-state index is 12.9. The van der Waals surface area contributed by atoms with Crippen molar-refractivity contribution in [2.75, 3.05) is 0 Å². The second-order valence-electron chi connectivity index (χ2n) is 5.74. The average molecular weight is 419 g/mol. The van der Waals surface area contributed by atoms with E-state index in [1.165, 1.54) is 35.6 Å². The third-order valence-corrected chi connectivity index (χ3v) is 7.33. The molecule has 0 radical (unpaired) electrons. The fourth-order valence-electron chi connectivity index (χ4n) is 2.84. The number of fused-ring (bicyclic) bond motifs is 3. The van der Waals surface area contributed by atoms with Crippen molar-refractivity contribution in [2.24, 2.45) is 5.73 Å². The van der Waals surface area contributed by atoms with Crippen molar-refractivity contribution < 1.29 is 18.3 Å². The first-order valence-corrected chi connectivity index (χ1v) is 10.3. The zero-order chi connectivity index (χ0) is 19.3. The zero-order valence-electron chi connectivity index (χ0n) is 13.5. The van der Waals surface area contributed by atoms with Crippen molar-refractivity contribution in [1.29, 1.82) is 0 Å². The molecule has 0 aliphatic heterocycles. The monoisotopic (exact) mass is 418 g/mol. The highest BCUT2D eigenvalue weighted by molar-refractivity contribution is 7.91. The summed E-state index contributed by atoms with van der Waals surface area (Å²) in [6, 6.07) is 12.7. The van der Waals surface area contributed by atoms with Crippen LogP contribution in [0.15, 0.2) is 58.3 Å². The Kier molecular flexibility index (Phi) is 4.06. The third kappa shape index (κ3) is 2.73. The second-order valence-corrected chi connectivity index (χ2v) is 9.10. The SMILES string of the molecule is NC(=O)c1nc(Cl)c2c(sc3ccc(S(=O)(=O)c4ccccc4)cc32)c1O. The number of sulfone groups is 1. The van der Waals surface area contributed by atoms with Gasteiger partial charge >= 0.3 is 0 Å². The van der Waals surface area contributed by atoms with Crippen LogP contribution in [0.3, 0.4) is 0 Å². The quantitative estimate of drug-likeness (QED) is 0.492. The number of hydrogen-bond donors (Lipinski definition) is 2. The van der Waals surface area contributed by atoms with Crippen molar-refractivity contribution in [3.05, 3.63) is 59.4 Å². The standard InChI is InChI=1S/C18H11ClN2O4S2/c19-17-13-11-8-10(27(24,25)9-4-2-1-3-5-9)6-7-12(11)26-16(13)15(22)14(21-17)18(20)23/h1-8,22H,(H2,20,23). The molecule has 3 N–H and O–H groups in total. The van der Waals surface area contributed by atoms with Gasteiger partial charge in [-0.05, 0) is 30.3 Å². The number of carbonyl (C=O) groups is 1. The first-order valence-electron chi connectivity index (χ1n) is 7.65. The molecule has 4 aromatic rings. The van der Waals surface area contributed by atoms with Gasteiger partial charge in [-0.25, -0.2) is 13.4 Å². The van der Waals surface area contributed by atoms with Gasteiger partial charge in [0.2, 0.25) is 9.84 Å². The number of nitrogens with two attached hydrogens (primary N) is 1. The molecule has 0 spiro atoms. The van der Waals surface area contributed by atoms with Crippen LogP contribution in [0.25, 0.3) is 20.2 Å². The minimum atomic E-state index is -3.72. The molecule has 0 aliphatic carbocycles. The van der Waals surface area contributed by atoms with Gasteiger partial charge in [-0.3, -0.25) is 4.79 Å². The lowest BCUT2D eigenvalue weighted by Gasteiger charge is -2.05. The van der Waals surface area contributed by atoms with E-state index in [1.807, 2.05) is 0 Å². The van der Waals surface area contributed by atoms with Crippen LogP contribution in [0, 0.1) is 0 Å². The summed E-state index contributed by atoms with van der Waals surface area (Å²) in [6.45, 7) is 0. The number of benzene rings is 2. The molecule has 2 heterocycles. The molecule has 27 heavy (non-hydrogen) atoms. The molecule has 2 aromatic carbocycles. The Morgan fingerprint density at radius 2 is 1.81 bits per heavy atom. The van der Waals surface area contributed by atoms with Crippen molar-refractivity contribution in [3.63, 3.8) is 0 Å². The van der Waals surface area contributed by atoms with Crippen molar-refractivity contribution >= 4 is 58.9 Å². The molecule has 1 amide bonds. The molecule has 6 nitrogen and oxygen atoms in total. The minimum absolute atomic E-state index is 0.0305. The van der Waals surface area contributed by atoms with Gasteiger partial charge in [0.25, 0.3) is 5.91 Å². The Morgan fingerprint density at radius 1 is 1.11 bits per heavy atom. The van der Waals surface area contributed by atoms with E-state index in [-0.39, 0.29) is 26.4 Å². The molecule has 0 aliphatic rings. The van der Waals surface area contributed by atoms with E-state index in [0.29, 0.717) is 20.2 Å². The number of rotatable bonds is 3. The molecule has 0 saturated carbocycles. The molecule has 9 heteroatoms. The molecule has 0 atom stereocenters. The number of pyridine rings is 1. The van der Waals surface area contributed by atoms with E-state index < -0.39 is 15.7 Å². The zero-order valence-corrected chi connectivity index (χ0v) is 15.9. The summed E-state index contributed by atoms with van der Waals surface area (Å²) in [7, 11) is -3.72. The number of carbonyl (C=O) groups excluding carboxylic acids is 1. The van der Waals surface area contributed by atoms with Gasteiger partial charge in [0.1, 0.15) is 5.15 Å². The summed E-state index contributed by atoms with van der Waals surface area (Å²) < 4.78 is 26.8. The van der Waals surface area contributed by atoms with Gasteiger partial charge in [-0.2, -0.15) is 0 Å². The van der Waals surface area contributed by atoms with Crippen LogP contribution in [0.1, 0.15) is 10.5 Å². The van der Waals surface area contributed by atoms with E-state index >= 15 is 0 Å². The summed E-state index contributed by atoms with van der Waals surface area (Å²) in [5, 5.41) is 11.2. The summed E-state index contributed by atoms with van der Waals surface area (Å²) in [5.74, 6) is -1.27. The van der Waals surface area contributed by atoms with Gasteiger partial charge in [-0.15, -0.1) is 11.3 Å². The number of halogens is 1. The van der Waals surface area contributed by atoms with E-state index in [1.54, 1.807) is 24.3 Å². The maximum absolute atomic E-state index is 12.9. The van der Waals surface area contributed by atoms with Gasteiger partial charge in [-0.1, -0.05) is 29.8 Å². The molecule has 136 valence electrons. The highest BCUT2D eigenvalue weighted by Gasteiger charge is 2.23. The number of nitrogens with zero attached hydrogens (tertiary/aromatic N) is 1. The van der Waals surface area contributed by atoms with Crippen LogP contribution >= 0.6 is 22.9 Å². The summed E-state index contributed by atoms with van der Waals surface area (Å²) in [6.07, 6.45) is 0. The number of aromatic nitrogens is 1. The molecule has 0 unspecified atom stereocenters. The largest absolute Gasteiger partial charge is 0.504 e. The molecule has 4 rings (SSSR count). The van der Waals surface area contributed by atoms with Gasteiger partial charge in [0, 0.05) is 15.5 Å². The number of primary amides is 1. The number of aromatic hydroxyl groups is 1. The number of amides is 1. The number of thiophene rings is 1. The van der Waals surface area contributed by atoms with Crippen LogP contribution in [-0.4, -0.2) is 24.4 Å². The normalized spacial score (nSPS) is 11.9. The van der Waals surface area contributed by atoms with Crippen molar-refractivity contribution in [1.82, 2.24) is 4.98 Å². The molecule has 2 aromatic heterocycles. The Morgan fingerprint density at radius 3 is 2.48 bits per heavy atom. The van der Waals surface area contributed by atoms with E-state index in [2.05, 4.69) is 4.98 Å². The Labute approximate surface area is 162 Å². The lowest BCUT2D eigenvalue weighted by molar-refractivity contribution is 0.0993. The minimum Gasteiger partial charge on any atom is -0.504 e. The van der Waals surface area contributed by atoms with Crippen LogP contribution in [-0.2, 0) is 9.84 Å². The van der Waals surface area contributed by atoms with Crippen LogP contribution < -0.4 is 5.73 Å². The van der Waals surface area contributed by atoms with Gasteiger partial charge in [0.05, 0.1) is 14.5 Å². The van der Waals surface area contributed by atoms with Gasteiger partial charge < -0.3 is 10.8 Å². The predicted octanol–water partition coefficient (Wildman–Crippen LogP) is 3.74. The van der Waals surface area contributed by atoms with Crippen LogP contribution in [0.4, 0.5) is 0 Å². The smallest absolute Gasteiger partial charge is 0.271 e. The summed E-state index contributed by atoms with van der Waals surface area (Å²) in [4.78, 5) is 15.6. The molecule has 0 saturated heterocycles. The lowest BCUT2D eigenvalue weighted by Crippen LogP contribution is -2.13. The number of hydrogen-bond acceptors (Lipinski definition) is 6. The fourth-order valence-corrected chi connectivity index (χ4v) is 5.61. The van der Waals surface area contributed by atoms with Crippen molar-refractivity contribution in [2.45, 2.75) is 9.79 Å². The highest BCUT2D eigenvalue weighted by atomic mass is 35.5. The van der Waals surface area contributed by atoms with E-state index in [4.69, 9.17) is 17.3 Å². The van der Waals surface area contributed by atoms with Crippen molar-refractivity contribution in [3.8, 4) is 5.75 Å². The van der Waals surface area contributed by atoms with E-state index in [9.17, 15) is 18.3 Å². The highest BCUT2D eigenvalue weighted by Crippen LogP contribution is 2.43. The Bertz CT molecular complexity index is 1330. The maximum Gasteiger partial charge on any atom is 0.271 e. The summed E-state index contributed by atoms with van der Waals surface area (Å²) in [5.41, 5.74) is 4.90. The molecule has 0 bridgehead atoms. The first-order chi connectivity index (χ1) is 12.8. The lowest BCUT2D eigenvalue weighted by atomic mass is 10.2. The van der Waals surface area contributed by atoms with E-state index in [0.717, 1.165) is 0 Å². The van der Waals surface area contributed by atoms with Crippen LogP contribution in [0.2, 0.25) is 5.15 Å². The molecular weight excluding hydrogens is 408 g/mol. The van der Waals surface area contributed by atoms with Crippen LogP contribution in [0.5, 0.6) is 5.75 Å². The van der Waals surface area contributed by atoms with Gasteiger partial charge in [0.15, 0.2) is 11.4 Å².